The molecule has 0 unspecified atom stereocenters. The lowest BCUT2D eigenvalue weighted by atomic mass is 10.1. The number of nitro groups is 1. The van der Waals surface area contributed by atoms with Crippen molar-refractivity contribution in [3.05, 3.63) is 38.7 Å². The zero-order valence-electron chi connectivity index (χ0n) is 9.74. The van der Waals surface area contributed by atoms with Gasteiger partial charge in [-0.2, -0.15) is 0 Å². The van der Waals surface area contributed by atoms with E-state index in [0.29, 0.717) is 6.61 Å². The summed E-state index contributed by atoms with van der Waals surface area (Å²) in [6, 6.07) is 2.39. The maximum atomic E-state index is 13.9. The molecule has 0 atom stereocenters. The summed E-state index contributed by atoms with van der Waals surface area (Å²) < 4.78 is 19.2. The summed E-state index contributed by atoms with van der Waals surface area (Å²) in [5.41, 5.74) is -0.873. The third-order valence-corrected chi connectivity index (χ3v) is 2.81. The molecule has 0 N–H and O–H groups in total. The molecule has 0 saturated carbocycles. The van der Waals surface area contributed by atoms with Gasteiger partial charge in [-0.25, -0.2) is 9.38 Å². The predicted octanol–water partition coefficient (Wildman–Crippen LogP) is 2.94. The zero-order chi connectivity index (χ0) is 13.5. The minimum atomic E-state index is -0.887. The van der Waals surface area contributed by atoms with Crippen LogP contribution in [0.3, 0.4) is 0 Å². The van der Waals surface area contributed by atoms with Crippen molar-refractivity contribution >= 4 is 23.2 Å². The van der Waals surface area contributed by atoms with Crippen LogP contribution in [-0.4, -0.2) is 23.0 Å². The highest BCUT2D eigenvalue weighted by atomic mass is 35.5. The number of benzene rings is 1. The van der Waals surface area contributed by atoms with Gasteiger partial charge in [0, 0.05) is 6.07 Å². The average Bonchev–Trinajstić information content (AvgIpc) is 2.62. The maximum Gasteiger partial charge on any atom is 0.290 e. The number of nitrogens with zero attached hydrogens (tertiary/aromatic N) is 2. The van der Waals surface area contributed by atoms with E-state index in [1.807, 2.05) is 13.8 Å². The van der Waals surface area contributed by atoms with Crippen LogP contribution in [-0.2, 0) is 4.74 Å². The Morgan fingerprint density at radius 2 is 2.22 bits per heavy atom. The first-order chi connectivity index (χ1) is 8.32. The molecular formula is C11H10ClFN2O3. The Morgan fingerprint density at radius 3 is 2.72 bits per heavy atom. The first kappa shape index (κ1) is 12.8. The summed E-state index contributed by atoms with van der Waals surface area (Å²) in [5, 5.41) is 10.1. The van der Waals surface area contributed by atoms with E-state index in [1.54, 1.807) is 0 Å². The van der Waals surface area contributed by atoms with Gasteiger partial charge < -0.3 is 4.74 Å². The number of halogens is 2. The summed E-state index contributed by atoms with van der Waals surface area (Å²) in [7, 11) is 0. The SMILES string of the molecule is CC1(C)COC(c2ccc([N+](=O)[O-])c(Cl)c2F)=N1. The van der Waals surface area contributed by atoms with Crippen molar-refractivity contribution in [2.75, 3.05) is 6.61 Å². The van der Waals surface area contributed by atoms with Crippen LogP contribution < -0.4 is 0 Å². The van der Waals surface area contributed by atoms with Crippen molar-refractivity contribution in [3.63, 3.8) is 0 Å². The quantitative estimate of drug-likeness (QED) is 0.614. The Kier molecular flexibility index (Phi) is 2.98. The molecule has 18 heavy (non-hydrogen) atoms. The highest BCUT2D eigenvalue weighted by Crippen LogP contribution is 2.31. The minimum absolute atomic E-state index is 0.0381. The Balaban J connectivity index is 2.49. The van der Waals surface area contributed by atoms with E-state index < -0.39 is 27.0 Å². The largest absolute Gasteiger partial charge is 0.475 e. The second-order valence-electron chi connectivity index (χ2n) is 4.54. The van der Waals surface area contributed by atoms with Crippen LogP contribution >= 0.6 is 11.6 Å². The van der Waals surface area contributed by atoms with Gasteiger partial charge in [0.2, 0.25) is 5.90 Å². The highest BCUT2D eigenvalue weighted by molar-refractivity contribution is 6.33. The van der Waals surface area contributed by atoms with Crippen molar-refractivity contribution in [1.29, 1.82) is 0 Å². The van der Waals surface area contributed by atoms with E-state index in [1.165, 1.54) is 6.07 Å². The topological polar surface area (TPSA) is 64.7 Å². The van der Waals surface area contributed by atoms with Crippen molar-refractivity contribution in [2.24, 2.45) is 4.99 Å². The van der Waals surface area contributed by atoms with E-state index in [2.05, 4.69) is 4.99 Å². The molecule has 96 valence electrons. The smallest absolute Gasteiger partial charge is 0.290 e. The second kappa shape index (κ2) is 4.20. The summed E-state index contributed by atoms with van der Waals surface area (Å²) in [6.07, 6.45) is 0. The molecule has 1 aliphatic rings. The summed E-state index contributed by atoms with van der Waals surface area (Å²) in [6.45, 7) is 4.01. The second-order valence-corrected chi connectivity index (χ2v) is 4.91. The van der Waals surface area contributed by atoms with Gasteiger partial charge in [0.1, 0.15) is 6.61 Å². The fourth-order valence-electron chi connectivity index (χ4n) is 1.57. The van der Waals surface area contributed by atoms with Crippen LogP contribution in [0.5, 0.6) is 0 Å². The van der Waals surface area contributed by atoms with Gasteiger partial charge in [-0.3, -0.25) is 10.1 Å². The maximum absolute atomic E-state index is 13.9. The molecule has 0 fully saturated rings. The lowest BCUT2D eigenvalue weighted by Crippen LogP contribution is -2.17. The highest BCUT2D eigenvalue weighted by Gasteiger charge is 2.30. The molecule has 1 aliphatic heterocycles. The van der Waals surface area contributed by atoms with Gasteiger partial charge in [0.05, 0.1) is 16.0 Å². The Morgan fingerprint density at radius 1 is 1.56 bits per heavy atom. The van der Waals surface area contributed by atoms with Crippen LogP contribution in [0.4, 0.5) is 10.1 Å². The summed E-state index contributed by atoms with van der Waals surface area (Å²) >= 11 is 5.62. The van der Waals surface area contributed by atoms with Gasteiger partial charge >= 0.3 is 0 Å². The monoisotopic (exact) mass is 272 g/mol. The molecule has 5 nitrogen and oxygen atoms in total. The Bertz CT molecular complexity index is 557. The fraction of sp³-hybridized carbons (Fsp3) is 0.364. The molecule has 1 aromatic rings. The molecule has 0 radical (unpaired) electrons. The zero-order valence-corrected chi connectivity index (χ0v) is 10.5. The van der Waals surface area contributed by atoms with Gasteiger partial charge in [0.25, 0.3) is 5.69 Å². The third-order valence-electron chi connectivity index (χ3n) is 2.46. The number of ether oxygens (including phenoxy) is 1. The summed E-state index contributed by atoms with van der Waals surface area (Å²) in [5.74, 6) is -0.767. The lowest BCUT2D eigenvalue weighted by Gasteiger charge is -2.07. The first-order valence-corrected chi connectivity index (χ1v) is 5.55. The molecule has 1 aromatic carbocycles. The van der Waals surface area contributed by atoms with Crippen LogP contribution in [0.25, 0.3) is 0 Å². The molecule has 1 heterocycles. The number of hydrogen-bond donors (Lipinski definition) is 0. The van der Waals surface area contributed by atoms with Crippen molar-refractivity contribution < 1.29 is 14.1 Å². The molecule has 0 saturated heterocycles. The number of hydrogen-bond acceptors (Lipinski definition) is 4. The molecular weight excluding hydrogens is 263 g/mol. The Labute approximate surface area is 107 Å². The first-order valence-electron chi connectivity index (χ1n) is 5.17. The summed E-state index contributed by atoms with van der Waals surface area (Å²) in [4.78, 5) is 14.1. The number of rotatable bonds is 2. The predicted molar refractivity (Wildman–Crippen MR) is 64.6 cm³/mol. The van der Waals surface area contributed by atoms with Gasteiger partial charge in [-0.05, 0) is 19.9 Å². The molecule has 0 amide bonds. The average molecular weight is 273 g/mol. The molecule has 0 aromatic heterocycles. The molecule has 0 aliphatic carbocycles. The number of nitro benzene ring substituents is 1. The molecule has 7 heteroatoms. The van der Waals surface area contributed by atoms with Gasteiger partial charge in [-0.15, -0.1) is 0 Å². The lowest BCUT2D eigenvalue weighted by molar-refractivity contribution is -0.384. The number of aliphatic imine (C=N–C) groups is 1. The van der Waals surface area contributed by atoms with E-state index in [-0.39, 0.29) is 11.5 Å². The van der Waals surface area contributed by atoms with Crippen LogP contribution in [0.2, 0.25) is 5.02 Å². The van der Waals surface area contributed by atoms with Crippen LogP contribution in [0.1, 0.15) is 19.4 Å². The van der Waals surface area contributed by atoms with Gasteiger partial charge in [-0.1, -0.05) is 11.6 Å². The van der Waals surface area contributed by atoms with Crippen molar-refractivity contribution in [3.8, 4) is 0 Å². The van der Waals surface area contributed by atoms with E-state index >= 15 is 0 Å². The molecule has 0 bridgehead atoms. The standard InChI is InChI=1S/C11H10ClFN2O3/c1-11(2)5-18-10(14-11)6-3-4-7(15(16)17)8(12)9(6)13/h3-4H,5H2,1-2H3. The Hall–Kier alpha value is -1.69. The third kappa shape index (κ3) is 2.15. The van der Waals surface area contributed by atoms with E-state index in [9.17, 15) is 14.5 Å². The van der Waals surface area contributed by atoms with Crippen LogP contribution in [0, 0.1) is 15.9 Å². The normalized spacial score (nSPS) is 17.2. The molecule has 2 rings (SSSR count). The van der Waals surface area contributed by atoms with Crippen molar-refractivity contribution in [2.45, 2.75) is 19.4 Å². The minimum Gasteiger partial charge on any atom is -0.475 e. The van der Waals surface area contributed by atoms with E-state index in [0.717, 1.165) is 6.07 Å². The van der Waals surface area contributed by atoms with Crippen molar-refractivity contribution in [1.82, 2.24) is 0 Å². The van der Waals surface area contributed by atoms with Gasteiger partial charge in [0.15, 0.2) is 10.8 Å². The van der Waals surface area contributed by atoms with Crippen LogP contribution in [0.15, 0.2) is 17.1 Å². The fourth-order valence-corrected chi connectivity index (χ4v) is 1.80. The molecule has 0 spiro atoms. The van der Waals surface area contributed by atoms with E-state index in [4.69, 9.17) is 16.3 Å².